The van der Waals surface area contributed by atoms with Gasteiger partial charge < -0.3 is 9.64 Å². The van der Waals surface area contributed by atoms with E-state index in [0.29, 0.717) is 5.91 Å². The highest BCUT2D eigenvalue weighted by Gasteiger charge is 2.36. The second-order valence-electron chi connectivity index (χ2n) is 5.04. The average molecular weight is 256 g/mol. The van der Waals surface area contributed by atoms with Crippen LogP contribution in [-0.2, 0) is 9.53 Å². The van der Waals surface area contributed by atoms with E-state index in [0.717, 1.165) is 51.7 Å². The maximum atomic E-state index is 12.3. The molecule has 1 amide bonds. The Balaban J connectivity index is 2.46. The van der Waals surface area contributed by atoms with E-state index in [1.807, 2.05) is 4.90 Å². The summed E-state index contributed by atoms with van der Waals surface area (Å²) in [6.07, 6.45) is 6.47. The van der Waals surface area contributed by atoms with E-state index in [4.69, 9.17) is 4.74 Å². The third-order valence-electron chi connectivity index (χ3n) is 3.49. The van der Waals surface area contributed by atoms with Crippen LogP contribution < -0.4 is 5.32 Å². The highest BCUT2D eigenvalue weighted by Crippen LogP contribution is 2.18. The fraction of sp³-hybridized carbons (Fsp3) is 0.929. The lowest BCUT2D eigenvalue weighted by atomic mass is 10.1. The summed E-state index contributed by atoms with van der Waals surface area (Å²) in [6, 6.07) is 0.0500. The first-order valence-corrected chi connectivity index (χ1v) is 7.30. The first kappa shape index (κ1) is 15.4. The van der Waals surface area contributed by atoms with Crippen molar-refractivity contribution in [2.75, 3.05) is 20.3 Å². The van der Waals surface area contributed by atoms with Gasteiger partial charge in [0.25, 0.3) is 0 Å². The van der Waals surface area contributed by atoms with E-state index in [1.165, 1.54) is 0 Å². The molecule has 1 rings (SSSR count). The number of amides is 1. The van der Waals surface area contributed by atoms with Gasteiger partial charge in [0.15, 0.2) is 0 Å². The van der Waals surface area contributed by atoms with Crippen LogP contribution in [0.5, 0.6) is 0 Å². The van der Waals surface area contributed by atoms with Gasteiger partial charge in [0.05, 0.1) is 12.2 Å². The van der Waals surface area contributed by atoms with Crippen LogP contribution in [0.2, 0.25) is 0 Å². The number of carbonyl (C=O) groups excluding carboxylic acids is 1. The Bertz CT molecular complexity index is 246. The predicted octanol–water partition coefficient (Wildman–Crippen LogP) is 2.14. The highest BCUT2D eigenvalue weighted by molar-refractivity contribution is 5.84. The maximum Gasteiger partial charge on any atom is 0.241 e. The monoisotopic (exact) mass is 256 g/mol. The molecule has 2 atom stereocenters. The van der Waals surface area contributed by atoms with Crippen molar-refractivity contribution >= 4 is 5.91 Å². The number of methoxy groups -OCH3 is 1. The number of rotatable bonds is 9. The number of ether oxygens (including phenoxy) is 1. The number of nitrogens with zero attached hydrogens (tertiary/aromatic N) is 1. The highest BCUT2D eigenvalue weighted by atomic mass is 16.5. The molecule has 0 aliphatic carbocycles. The molecule has 1 aliphatic rings. The lowest BCUT2D eigenvalue weighted by Crippen LogP contribution is -2.37. The third kappa shape index (κ3) is 4.25. The third-order valence-corrected chi connectivity index (χ3v) is 3.49. The van der Waals surface area contributed by atoms with Crippen LogP contribution in [-0.4, -0.2) is 43.3 Å². The van der Waals surface area contributed by atoms with Crippen LogP contribution in [0.1, 0.15) is 52.4 Å². The molecule has 2 unspecified atom stereocenters. The number of hydrogen-bond donors (Lipinski definition) is 1. The normalized spacial score (nSPS) is 23.9. The number of nitrogens with one attached hydrogen (secondary N) is 1. The van der Waals surface area contributed by atoms with E-state index in [9.17, 15) is 4.79 Å². The molecule has 1 heterocycles. The van der Waals surface area contributed by atoms with Crippen LogP contribution in [0.25, 0.3) is 0 Å². The van der Waals surface area contributed by atoms with Crippen molar-refractivity contribution in [1.82, 2.24) is 10.2 Å². The first-order valence-electron chi connectivity index (χ1n) is 7.30. The molecule has 0 spiro atoms. The molecule has 0 aromatic rings. The van der Waals surface area contributed by atoms with E-state index >= 15 is 0 Å². The Morgan fingerprint density at radius 3 is 2.56 bits per heavy atom. The van der Waals surface area contributed by atoms with Crippen LogP contribution >= 0.6 is 0 Å². The summed E-state index contributed by atoms with van der Waals surface area (Å²) in [5, 5.41) is 3.48. The molecule has 0 saturated carbocycles. The van der Waals surface area contributed by atoms with Gasteiger partial charge in [0.2, 0.25) is 5.91 Å². The summed E-state index contributed by atoms with van der Waals surface area (Å²) in [5.74, 6) is 0.299. The zero-order chi connectivity index (χ0) is 13.4. The molecule has 18 heavy (non-hydrogen) atoms. The Morgan fingerprint density at radius 2 is 1.94 bits per heavy atom. The summed E-state index contributed by atoms with van der Waals surface area (Å²) in [7, 11) is 1.72. The number of hydrogen-bond acceptors (Lipinski definition) is 3. The summed E-state index contributed by atoms with van der Waals surface area (Å²) in [6.45, 7) is 5.94. The fourth-order valence-electron chi connectivity index (χ4n) is 2.55. The van der Waals surface area contributed by atoms with Crippen LogP contribution in [0.3, 0.4) is 0 Å². The van der Waals surface area contributed by atoms with Crippen LogP contribution in [0.4, 0.5) is 0 Å². The Hall–Kier alpha value is -0.610. The molecular formula is C14H28N2O2. The molecular weight excluding hydrogens is 228 g/mol. The number of unbranched alkanes of at least 4 members (excludes halogenated alkanes) is 1. The molecule has 0 radical (unpaired) electrons. The quantitative estimate of drug-likeness (QED) is 0.643. The van der Waals surface area contributed by atoms with Gasteiger partial charge in [-0.25, -0.2) is 0 Å². The Morgan fingerprint density at radius 1 is 1.22 bits per heavy atom. The van der Waals surface area contributed by atoms with E-state index in [1.54, 1.807) is 7.11 Å². The standard InChI is InChI=1S/C14H28N2O2/c1-4-8-12-14(17)16(10-6-7-11-18-3)13(15-12)9-5-2/h12-13,15H,4-11H2,1-3H3. The Labute approximate surface area is 111 Å². The zero-order valence-corrected chi connectivity index (χ0v) is 12.1. The lowest BCUT2D eigenvalue weighted by Gasteiger charge is -2.23. The topological polar surface area (TPSA) is 41.6 Å². The molecule has 0 aromatic heterocycles. The smallest absolute Gasteiger partial charge is 0.241 e. The van der Waals surface area contributed by atoms with Gasteiger partial charge in [-0.1, -0.05) is 26.7 Å². The second-order valence-corrected chi connectivity index (χ2v) is 5.04. The van der Waals surface area contributed by atoms with Crippen molar-refractivity contribution in [2.45, 2.75) is 64.6 Å². The van der Waals surface area contributed by atoms with E-state index < -0.39 is 0 Å². The van der Waals surface area contributed by atoms with Gasteiger partial charge in [-0.15, -0.1) is 0 Å². The Kier molecular flexibility index (Phi) is 7.28. The SMILES string of the molecule is CCCC1NC(CCC)N(CCCCOC)C1=O. The van der Waals surface area contributed by atoms with Gasteiger partial charge in [-0.05, 0) is 25.7 Å². The molecule has 106 valence electrons. The fourth-order valence-corrected chi connectivity index (χ4v) is 2.55. The minimum absolute atomic E-state index is 0.0500. The average Bonchev–Trinajstić information content (AvgIpc) is 2.64. The number of carbonyl (C=O) groups is 1. The van der Waals surface area contributed by atoms with Gasteiger partial charge in [0.1, 0.15) is 0 Å². The van der Waals surface area contributed by atoms with Crippen molar-refractivity contribution < 1.29 is 9.53 Å². The summed E-state index contributed by atoms with van der Waals surface area (Å²) < 4.78 is 5.05. The van der Waals surface area contributed by atoms with Crippen LogP contribution in [0, 0.1) is 0 Å². The summed E-state index contributed by atoms with van der Waals surface area (Å²) in [4.78, 5) is 14.3. The minimum Gasteiger partial charge on any atom is -0.385 e. The van der Waals surface area contributed by atoms with Gasteiger partial charge in [0, 0.05) is 20.3 Å². The van der Waals surface area contributed by atoms with Crippen molar-refractivity contribution in [3.8, 4) is 0 Å². The minimum atomic E-state index is 0.0500. The van der Waals surface area contributed by atoms with Gasteiger partial charge >= 0.3 is 0 Å². The summed E-state index contributed by atoms with van der Waals surface area (Å²) >= 11 is 0. The van der Waals surface area contributed by atoms with Gasteiger partial charge in [-0.2, -0.15) is 0 Å². The van der Waals surface area contributed by atoms with Gasteiger partial charge in [-0.3, -0.25) is 10.1 Å². The van der Waals surface area contributed by atoms with Crippen molar-refractivity contribution in [2.24, 2.45) is 0 Å². The first-order chi connectivity index (χ1) is 8.74. The van der Waals surface area contributed by atoms with Crippen LogP contribution in [0.15, 0.2) is 0 Å². The molecule has 0 aromatic carbocycles. The van der Waals surface area contributed by atoms with Crippen molar-refractivity contribution in [1.29, 1.82) is 0 Å². The maximum absolute atomic E-state index is 12.3. The molecule has 1 saturated heterocycles. The molecule has 1 fully saturated rings. The molecule has 4 heteroatoms. The predicted molar refractivity (Wildman–Crippen MR) is 73.4 cm³/mol. The lowest BCUT2D eigenvalue weighted by molar-refractivity contribution is -0.130. The largest absolute Gasteiger partial charge is 0.385 e. The summed E-state index contributed by atoms with van der Waals surface area (Å²) in [5.41, 5.74) is 0. The molecule has 0 bridgehead atoms. The zero-order valence-electron chi connectivity index (χ0n) is 12.1. The van der Waals surface area contributed by atoms with Crippen molar-refractivity contribution in [3.63, 3.8) is 0 Å². The van der Waals surface area contributed by atoms with Crippen molar-refractivity contribution in [3.05, 3.63) is 0 Å². The molecule has 4 nitrogen and oxygen atoms in total. The molecule has 1 aliphatic heterocycles. The van der Waals surface area contributed by atoms with E-state index in [-0.39, 0.29) is 12.2 Å². The molecule has 1 N–H and O–H groups in total. The second kappa shape index (κ2) is 8.48. The van der Waals surface area contributed by atoms with E-state index in [2.05, 4.69) is 19.2 Å².